The summed E-state index contributed by atoms with van der Waals surface area (Å²) < 4.78 is 0. The quantitative estimate of drug-likeness (QED) is 0.707. The Hall–Kier alpha value is -1.76. The Kier molecular flexibility index (Phi) is 5.44. The number of aromatic nitrogens is 1. The van der Waals surface area contributed by atoms with Crippen LogP contribution >= 0.6 is 11.8 Å². The van der Waals surface area contributed by atoms with E-state index in [1.807, 2.05) is 0 Å². The average molecular weight is 268 g/mol. The van der Waals surface area contributed by atoms with E-state index >= 15 is 0 Å². The van der Waals surface area contributed by atoms with Crippen molar-refractivity contribution in [3.8, 4) is 0 Å². The van der Waals surface area contributed by atoms with Crippen molar-refractivity contribution in [1.29, 1.82) is 0 Å². The van der Waals surface area contributed by atoms with E-state index in [0.29, 0.717) is 12.4 Å². The molecule has 3 amide bonds. The van der Waals surface area contributed by atoms with Crippen molar-refractivity contribution in [1.82, 2.24) is 15.6 Å². The molecule has 4 N–H and O–H groups in total. The maximum absolute atomic E-state index is 11.7. The number of anilines is 1. The minimum Gasteiger partial charge on any atom is -0.384 e. The molecule has 7 heteroatoms. The lowest BCUT2D eigenvalue weighted by atomic mass is 10.4. The fourth-order valence-corrected chi connectivity index (χ4v) is 1.97. The van der Waals surface area contributed by atoms with Crippen LogP contribution in [0, 0.1) is 0 Å². The number of hydrogen-bond donors (Lipinski definition) is 3. The van der Waals surface area contributed by atoms with Gasteiger partial charge in [0.2, 0.25) is 5.91 Å². The Labute approximate surface area is 110 Å². The lowest BCUT2D eigenvalue weighted by Crippen LogP contribution is -2.42. The first-order valence-corrected chi connectivity index (χ1v) is 6.37. The van der Waals surface area contributed by atoms with Crippen LogP contribution in [0.3, 0.4) is 0 Å². The monoisotopic (exact) mass is 268 g/mol. The van der Waals surface area contributed by atoms with E-state index in [0.717, 1.165) is 4.90 Å². The maximum atomic E-state index is 11.7. The Morgan fingerprint density at radius 2 is 2.22 bits per heavy atom. The first-order valence-electron chi connectivity index (χ1n) is 5.49. The zero-order valence-corrected chi connectivity index (χ0v) is 11.1. The number of pyridine rings is 1. The van der Waals surface area contributed by atoms with E-state index in [4.69, 9.17) is 5.73 Å². The molecule has 0 aliphatic heterocycles. The number of rotatable bonds is 4. The van der Waals surface area contributed by atoms with Gasteiger partial charge >= 0.3 is 6.03 Å². The predicted molar refractivity (Wildman–Crippen MR) is 71.2 cm³/mol. The second-order valence-corrected chi connectivity index (χ2v) is 4.94. The molecule has 0 saturated carbocycles. The lowest BCUT2D eigenvalue weighted by molar-refractivity contribution is -0.119. The average Bonchev–Trinajstić information content (AvgIpc) is 2.32. The molecule has 1 heterocycles. The molecular formula is C11H16N4O2S. The second kappa shape index (κ2) is 6.85. The van der Waals surface area contributed by atoms with E-state index < -0.39 is 11.3 Å². The molecule has 0 saturated heterocycles. The van der Waals surface area contributed by atoms with Gasteiger partial charge in [0.1, 0.15) is 5.82 Å². The highest BCUT2D eigenvalue weighted by Gasteiger charge is 2.16. The summed E-state index contributed by atoms with van der Waals surface area (Å²) in [5, 5.41) is 4.36. The maximum Gasteiger partial charge on any atom is 0.321 e. The largest absolute Gasteiger partial charge is 0.384 e. The predicted octanol–water partition coefficient (Wildman–Crippen LogP) is 0.990. The minimum atomic E-state index is -0.481. The Morgan fingerprint density at radius 1 is 1.50 bits per heavy atom. The molecule has 0 bridgehead atoms. The number of urea groups is 1. The number of nitrogens with two attached hydrogens (primary N) is 1. The van der Waals surface area contributed by atoms with Crippen LogP contribution in [0.15, 0.2) is 23.2 Å². The smallest absolute Gasteiger partial charge is 0.321 e. The number of imide groups is 1. The van der Waals surface area contributed by atoms with Gasteiger partial charge in [-0.25, -0.2) is 9.78 Å². The summed E-state index contributed by atoms with van der Waals surface area (Å²) in [5.41, 5.74) is 5.46. The summed E-state index contributed by atoms with van der Waals surface area (Å²) in [4.78, 5) is 27.6. The first-order chi connectivity index (χ1) is 8.52. The summed E-state index contributed by atoms with van der Waals surface area (Å²) in [6.07, 6.45) is 1.59. The van der Waals surface area contributed by atoms with Gasteiger partial charge in [-0.1, -0.05) is 0 Å². The first kappa shape index (κ1) is 14.3. The molecule has 0 aromatic carbocycles. The van der Waals surface area contributed by atoms with Crippen molar-refractivity contribution in [2.24, 2.45) is 0 Å². The third-order valence-corrected chi connectivity index (χ3v) is 3.10. The van der Waals surface area contributed by atoms with Crippen LogP contribution < -0.4 is 16.4 Å². The summed E-state index contributed by atoms with van der Waals surface area (Å²) in [6, 6.07) is 2.96. The Morgan fingerprint density at radius 3 is 2.78 bits per heavy atom. The van der Waals surface area contributed by atoms with Gasteiger partial charge < -0.3 is 11.1 Å². The fraction of sp³-hybridized carbons (Fsp3) is 0.364. The van der Waals surface area contributed by atoms with Crippen LogP contribution in [0.5, 0.6) is 0 Å². The Bertz CT molecular complexity index is 422. The fourth-order valence-electron chi connectivity index (χ4n) is 1.14. The van der Waals surface area contributed by atoms with Gasteiger partial charge in [0.25, 0.3) is 0 Å². The van der Waals surface area contributed by atoms with Crippen LogP contribution in [0.1, 0.15) is 13.8 Å². The molecule has 0 aliphatic carbocycles. The van der Waals surface area contributed by atoms with E-state index in [1.165, 1.54) is 11.8 Å². The summed E-state index contributed by atoms with van der Waals surface area (Å²) >= 11 is 1.31. The van der Waals surface area contributed by atoms with Crippen LogP contribution in [0.4, 0.5) is 10.6 Å². The summed E-state index contributed by atoms with van der Waals surface area (Å²) in [7, 11) is 0. The number of amides is 3. The van der Waals surface area contributed by atoms with Crippen molar-refractivity contribution in [2.45, 2.75) is 24.0 Å². The SMILES string of the molecule is CCNC(=O)NC(=O)C(C)Sc1ccc(N)nc1. The lowest BCUT2D eigenvalue weighted by Gasteiger charge is -2.11. The molecule has 0 spiro atoms. The molecule has 6 nitrogen and oxygen atoms in total. The Balaban J connectivity index is 2.49. The summed E-state index contributed by atoms with van der Waals surface area (Å²) in [6.45, 7) is 3.97. The van der Waals surface area contributed by atoms with Crippen molar-refractivity contribution in [2.75, 3.05) is 12.3 Å². The number of carbonyl (C=O) groups excluding carboxylic acids is 2. The third-order valence-electron chi connectivity index (χ3n) is 2.02. The van der Waals surface area contributed by atoms with E-state index in [-0.39, 0.29) is 5.91 Å². The highest BCUT2D eigenvalue weighted by atomic mass is 32.2. The second-order valence-electron chi connectivity index (χ2n) is 3.53. The number of nitrogens with zero attached hydrogens (tertiary/aromatic N) is 1. The van der Waals surface area contributed by atoms with Gasteiger partial charge in [0.15, 0.2) is 0 Å². The van der Waals surface area contributed by atoms with Crippen molar-refractivity contribution in [3.05, 3.63) is 18.3 Å². The molecule has 18 heavy (non-hydrogen) atoms. The highest BCUT2D eigenvalue weighted by molar-refractivity contribution is 8.00. The third kappa shape index (κ3) is 4.62. The van der Waals surface area contributed by atoms with Crippen molar-refractivity contribution in [3.63, 3.8) is 0 Å². The highest BCUT2D eigenvalue weighted by Crippen LogP contribution is 2.22. The van der Waals surface area contributed by atoms with Crippen LogP contribution in [-0.4, -0.2) is 28.7 Å². The van der Waals surface area contributed by atoms with Gasteiger partial charge in [-0.15, -0.1) is 11.8 Å². The van der Waals surface area contributed by atoms with E-state index in [2.05, 4.69) is 15.6 Å². The van der Waals surface area contributed by atoms with Gasteiger partial charge in [0, 0.05) is 17.6 Å². The van der Waals surface area contributed by atoms with Gasteiger partial charge in [0.05, 0.1) is 5.25 Å². The number of hydrogen-bond acceptors (Lipinski definition) is 5. The molecule has 1 unspecified atom stereocenters. The van der Waals surface area contributed by atoms with Crippen molar-refractivity contribution >= 4 is 29.5 Å². The molecule has 98 valence electrons. The number of thioether (sulfide) groups is 1. The zero-order valence-electron chi connectivity index (χ0n) is 10.3. The molecule has 0 fully saturated rings. The minimum absolute atomic E-state index is 0.345. The number of nitrogen functional groups attached to an aromatic ring is 1. The molecule has 1 aromatic heterocycles. The van der Waals surface area contributed by atoms with E-state index in [1.54, 1.807) is 32.2 Å². The molecule has 1 atom stereocenters. The van der Waals surface area contributed by atoms with Crippen LogP contribution in [0.2, 0.25) is 0 Å². The van der Waals surface area contributed by atoms with E-state index in [9.17, 15) is 9.59 Å². The molecule has 1 rings (SSSR count). The topological polar surface area (TPSA) is 97.1 Å². The van der Waals surface area contributed by atoms with Crippen LogP contribution in [0.25, 0.3) is 0 Å². The van der Waals surface area contributed by atoms with Gasteiger partial charge in [-0.3, -0.25) is 10.1 Å². The molecule has 0 radical (unpaired) electrons. The van der Waals surface area contributed by atoms with Gasteiger partial charge in [-0.2, -0.15) is 0 Å². The van der Waals surface area contributed by atoms with Crippen LogP contribution in [-0.2, 0) is 4.79 Å². The zero-order chi connectivity index (χ0) is 13.5. The normalized spacial score (nSPS) is 11.7. The van der Waals surface area contributed by atoms with Gasteiger partial charge in [-0.05, 0) is 26.0 Å². The van der Waals surface area contributed by atoms with Crippen molar-refractivity contribution < 1.29 is 9.59 Å². The summed E-state index contributed by atoms with van der Waals surface area (Å²) in [5.74, 6) is 0.0848. The molecular weight excluding hydrogens is 252 g/mol. The molecule has 1 aromatic rings. The number of carbonyl (C=O) groups is 2. The molecule has 0 aliphatic rings. The standard InChI is InChI=1S/C11H16N4O2S/c1-3-13-11(17)15-10(16)7(2)18-8-4-5-9(12)14-6-8/h4-7H,3H2,1-2H3,(H2,12,14)(H2,13,15,16,17). The number of nitrogens with one attached hydrogen (secondary N) is 2.